The van der Waals surface area contributed by atoms with Crippen molar-refractivity contribution in [3.05, 3.63) is 0 Å². The summed E-state index contributed by atoms with van der Waals surface area (Å²) < 4.78 is 10.6. The first-order valence-corrected chi connectivity index (χ1v) is 6.16. The summed E-state index contributed by atoms with van der Waals surface area (Å²) in [6, 6.07) is 0. The van der Waals surface area contributed by atoms with Crippen LogP contribution in [0.25, 0.3) is 0 Å². The molecule has 4 heteroatoms. The molecule has 0 atom stereocenters. The quantitative estimate of drug-likeness (QED) is 0.541. The minimum atomic E-state index is 0.708. The van der Waals surface area contributed by atoms with Crippen LogP contribution in [0.2, 0.25) is 0 Å². The van der Waals surface area contributed by atoms with E-state index < -0.39 is 0 Å². The lowest BCUT2D eigenvalue weighted by molar-refractivity contribution is 0.0551. The van der Waals surface area contributed by atoms with Crippen LogP contribution in [0, 0.1) is 0 Å². The molecule has 0 bridgehead atoms. The van der Waals surface area contributed by atoms with Crippen molar-refractivity contribution in [1.29, 1.82) is 0 Å². The maximum absolute atomic E-state index is 5.32. The molecule has 0 aromatic heterocycles. The zero-order valence-electron chi connectivity index (χ0n) is 8.67. The van der Waals surface area contributed by atoms with Gasteiger partial charge in [-0.2, -0.15) is 11.8 Å². The van der Waals surface area contributed by atoms with Gasteiger partial charge in [-0.1, -0.05) is 6.92 Å². The van der Waals surface area contributed by atoms with Gasteiger partial charge in [0.05, 0.1) is 26.4 Å². The third-order valence-corrected chi connectivity index (χ3v) is 2.05. The lowest BCUT2D eigenvalue weighted by Crippen LogP contribution is -2.20. The predicted octanol–water partition coefficient (Wildman–Crippen LogP) is 0.992. The van der Waals surface area contributed by atoms with Gasteiger partial charge < -0.3 is 14.8 Å². The smallest absolute Gasteiger partial charge is 0.0701 e. The minimum Gasteiger partial charge on any atom is -0.378 e. The van der Waals surface area contributed by atoms with E-state index in [1.807, 2.05) is 0 Å². The van der Waals surface area contributed by atoms with E-state index in [1.165, 1.54) is 0 Å². The molecule has 0 rings (SSSR count). The zero-order chi connectivity index (χ0) is 9.78. The number of thioether (sulfide) groups is 1. The molecule has 1 N–H and O–H groups in total. The molecule has 3 nitrogen and oxygen atoms in total. The third-order valence-electron chi connectivity index (χ3n) is 1.48. The number of hydrogen-bond donors (Lipinski definition) is 1. The van der Waals surface area contributed by atoms with Crippen LogP contribution in [0.15, 0.2) is 0 Å². The van der Waals surface area contributed by atoms with Crippen LogP contribution >= 0.6 is 11.8 Å². The summed E-state index contributed by atoms with van der Waals surface area (Å²) >= 11 is 1.80. The van der Waals surface area contributed by atoms with Gasteiger partial charge in [0, 0.05) is 12.3 Å². The molecule has 0 aromatic carbocycles. The summed E-state index contributed by atoms with van der Waals surface area (Å²) in [4.78, 5) is 0. The summed E-state index contributed by atoms with van der Waals surface area (Å²) in [5, 5.41) is 3.19. The van der Waals surface area contributed by atoms with Crippen molar-refractivity contribution in [3.8, 4) is 0 Å². The predicted molar refractivity (Wildman–Crippen MR) is 58.6 cm³/mol. The summed E-state index contributed by atoms with van der Waals surface area (Å²) in [6.45, 7) is 7.06. The fourth-order valence-electron chi connectivity index (χ4n) is 0.785. The molecule has 0 spiro atoms. The van der Waals surface area contributed by atoms with Crippen LogP contribution in [0.5, 0.6) is 0 Å². The number of hydrogen-bond acceptors (Lipinski definition) is 4. The monoisotopic (exact) mass is 207 g/mol. The van der Waals surface area contributed by atoms with Crippen molar-refractivity contribution < 1.29 is 9.47 Å². The molecule has 0 saturated heterocycles. The average Bonchev–Trinajstić information content (AvgIpc) is 2.16. The number of rotatable bonds is 10. The minimum absolute atomic E-state index is 0.708. The Balaban J connectivity index is 2.76. The first-order valence-electron chi connectivity index (χ1n) is 4.77. The van der Waals surface area contributed by atoms with E-state index in [4.69, 9.17) is 9.47 Å². The van der Waals surface area contributed by atoms with E-state index in [0.717, 1.165) is 32.1 Å². The highest BCUT2D eigenvalue weighted by molar-refractivity contribution is 7.98. The van der Waals surface area contributed by atoms with Crippen molar-refractivity contribution in [3.63, 3.8) is 0 Å². The van der Waals surface area contributed by atoms with Gasteiger partial charge in [-0.3, -0.25) is 0 Å². The second-order valence-corrected chi connectivity index (χ2v) is 3.56. The van der Waals surface area contributed by atoms with E-state index in [-0.39, 0.29) is 0 Å². The highest BCUT2D eigenvalue weighted by atomic mass is 32.2. The van der Waals surface area contributed by atoms with E-state index in [0.29, 0.717) is 13.2 Å². The summed E-state index contributed by atoms with van der Waals surface area (Å²) in [7, 11) is 0. The fraction of sp³-hybridized carbons (Fsp3) is 1.00. The van der Waals surface area contributed by atoms with E-state index >= 15 is 0 Å². The standard InChI is InChI=1S/C9H21NO2S/c1-3-10-4-5-11-6-7-12-8-9-13-2/h10H,3-9H2,1-2H3. The van der Waals surface area contributed by atoms with Gasteiger partial charge in [0.1, 0.15) is 0 Å². The summed E-state index contributed by atoms with van der Waals surface area (Å²) in [5.41, 5.74) is 0. The number of ether oxygens (including phenoxy) is 2. The Morgan fingerprint density at radius 1 is 1.08 bits per heavy atom. The van der Waals surface area contributed by atoms with E-state index in [2.05, 4.69) is 18.5 Å². The van der Waals surface area contributed by atoms with Gasteiger partial charge in [-0.05, 0) is 12.8 Å². The molecule has 13 heavy (non-hydrogen) atoms. The van der Waals surface area contributed by atoms with Crippen LogP contribution in [0.3, 0.4) is 0 Å². The highest BCUT2D eigenvalue weighted by Gasteiger charge is 1.89. The van der Waals surface area contributed by atoms with Crippen molar-refractivity contribution >= 4 is 11.8 Å². The first-order chi connectivity index (χ1) is 6.41. The van der Waals surface area contributed by atoms with Crippen molar-refractivity contribution in [1.82, 2.24) is 5.32 Å². The zero-order valence-corrected chi connectivity index (χ0v) is 9.49. The lowest BCUT2D eigenvalue weighted by Gasteiger charge is -2.05. The molecule has 0 aromatic rings. The molecule has 0 amide bonds. The van der Waals surface area contributed by atoms with Crippen LogP contribution in [0.4, 0.5) is 0 Å². The Bertz CT molecular complexity index is 83.7. The molecular formula is C9H21NO2S. The van der Waals surface area contributed by atoms with Gasteiger partial charge in [-0.25, -0.2) is 0 Å². The molecule has 80 valence electrons. The topological polar surface area (TPSA) is 30.5 Å². The Hall–Kier alpha value is 0.230. The first kappa shape index (κ1) is 13.2. The summed E-state index contributed by atoms with van der Waals surface area (Å²) in [6.07, 6.45) is 2.08. The molecule has 0 radical (unpaired) electrons. The molecule has 0 heterocycles. The molecule has 0 aliphatic carbocycles. The summed E-state index contributed by atoms with van der Waals surface area (Å²) in [5.74, 6) is 1.07. The largest absolute Gasteiger partial charge is 0.378 e. The van der Waals surface area contributed by atoms with E-state index in [1.54, 1.807) is 11.8 Å². The number of likely N-dealkylation sites (N-methyl/N-ethyl adjacent to an activating group) is 1. The maximum atomic E-state index is 5.32. The maximum Gasteiger partial charge on any atom is 0.0701 e. The lowest BCUT2D eigenvalue weighted by atomic mass is 10.6. The van der Waals surface area contributed by atoms with Crippen LogP contribution in [-0.4, -0.2) is 51.5 Å². The SMILES string of the molecule is CCNCCOCCOCCSC. The van der Waals surface area contributed by atoms with Gasteiger partial charge in [0.25, 0.3) is 0 Å². The molecule has 0 saturated carbocycles. The van der Waals surface area contributed by atoms with Crippen LogP contribution in [0.1, 0.15) is 6.92 Å². The Kier molecular flexibility index (Phi) is 12.4. The second kappa shape index (κ2) is 12.2. The Morgan fingerprint density at radius 2 is 1.77 bits per heavy atom. The molecule has 0 unspecified atom stereocenters. The Labute approximate surface area is 85.6 Å². The van der Waals surface area contributed by atoms with Crippen molar-refractivity contribution in [2.24, 2.45) is 0 Å². The van der Waals surface area contributed by atoms with E-state index in [9.17, 15) is 0 Å². The average molecular weight is 207 g/mol. The Morgan fingerprint density at radius 3 is 2.38 bits per heavy atom. The van der Waals surface area contributed by atoms with Gasteiger partial charge in [0.15, 0.2) is 0 Å². The van der Waals surface area contributed by atoms with Gasteiger partial charge in [-0.15, -0.1) is 0 Å². The van der Waals surface area contributed by atoms with Gasteiger partial charge >= 0.3 is 0 Å². The number of nitrogens with one attached hydrogen (secondary N) is 1. The third kappa shape index (κ3) is 12.2. The van der Waals surface area contributed by atoms with Crippen molar-refractivity contribution in [2.45, 2.75) is 6.92 Å². The van der Waals surface area contributed by atoms with Gasteiger partial charge in [0.2, 0.25) is 0 Å². The molecule has 0 aliphatic rings. The molecular weight excluding hydrogens is 186 g/mol. The van der Waals surface area contributed by atoms with Crippen LogP contribution < -0.4 is 5.32 Å². The highest BCUT2D eigenvalue weighted by Crippen LogP contribution is 1.90. The molecule has 0 aliphatic heterocycles. The second-order valence-electron chi connectivity index (χ2n) is 2.57. The fourth-order valence-corrected chi connectivity index (χ4v) is 1.07. The normalized spacial score (nSPS) is 10.6. The molecule has 0 fully saturated rings. The van der Waals surface area contributed by atoms with Crippen molar-refractivity contribution in [2.75, 3.05) is 51.5 Å². The van der Waals surface area contributed by atoms with Crippen LogP contribution in [-0.2, 0) is 9.47 Å².